The zero-order chi connectivity index (χ0) is 20.9. The van der Waals surface area contributed by atoms with E-state index in [1.807, 2.05) is 6.92 Å². The lowest BCUT2D eigenvalue weighted by Gasteiger charge is -2.18. The molecular formula is C19H39FO5S2. The lowest BCUT2D eigenvalue weighted by molar-refractivity contribution is 0.219. The molecule has 164 valence electrons. The molecule has 0 amide bonds. The SMILES string of the molecule is CCCCCCCCS(=O)(=O)CC(O)CS(=O)(=O)C(C)CC(F)CCCC. The van der Waals surface area contributed by atoms with Gasteiger partial charge in [-0.15, -0.1) is 0 Å². The molecule has 0 aromatic carbocycles. The van der Waals surface area contributed by atoms with Gasteiger partial charge in [0.15, 0.2) is 19.7 Å². The Morgan fingerprint density at radius 3 is 2.00 bits per heavy atom. The number of unbranched alkanes of at least 4 members (excludes halogenated alkanes) is 6. The number of hydrogen-bond donors (Lipinski definition) is 1. The average Bonchev–Trinajstić information content (AvgIpc) is 2.54. The highest BCUT2D eigenvalue weighted by molar-refractivity contribution is 7.92. The third kappa shape index (κ3) is 13.6. The molecule has 27 heavy (non-hydrogen) atoms. The Hall–Kier alpha value is -0.210. The quantitative estimate of drug-likeness (QED) is 0.354. The number of sulfone groups is 2. The molecule has 3 atom stereocenters. The second-order valence-electron chi connectivity index (χ2n) is 7.65. The molecular weight excluding hydrogens is 391 g/mol. The van der Waals surface area contributed by atoms with E-state index in [0.29, 0.717) is 19.3 Å². The van der Waals surface area contributed by atoms with E-state index in [9.17, 15) is 26.3 Å². The summed E-state index contributed by atoms with van der Waals surface area (Å²) >= 11 is 0. The molecule has 0 rings (SSSR count). The van der Waals surface area contributed by atoms with Crippen molar-refractivity contribution in [3.63, 3.8) is 0 Å². The van der Waals surface area contributed by atoms with E-state index in [1.165, 1.54) is 6.92 Å². The normalized spacial score (nSPS) is 16.2. The molecule has 1 N–H and O–H groups in total. The summed E-state index contributed by atoms with van der Waals surface area (Å²) in [6.45, 7) is 5.47. The Labute approximate surface area is 166 Å². The Morgan fingerprint density at radius 2 is 1.41 bits per heavy atom. The van der Waals surface area contributed by atoms with Crippen molar-refractivity contribution in [2.24, 2.45) is 0 Å². The van der Waals surface area contributed by atoms with E-state index in [4.69, 9.17) is 0 Å². The summed E-state index contributed by atoms with van der Waals surface area (Å²) in [5.41, 5.74) is 0. The Morgan fingerprint density at radius 1 is 0.852 bits per heavy atom. The van der Waals surface area contributed by atoms with Crippen LogP contribution in [0.3, 0.4) is 0 Å². The smallest absolute Gasteiger partial charge is 0.155 e. The molecule has 0 aromatic rings. The minimum Gasteiger partial charge on any atom is -0.391 e. The molecule has 0 aliphatic rings. The van der Waals surface area contributed by atoms with Crippen LogP contribution in [0.25, 0.3) is 0 Å². The Bertz CT molecular complexity index is 575. The van der Waals surface area contributed by atoms with Crippen molar-refractivity contribution in [1.82, 2.24) is 0 Å². The van der Waals surface area contributed by atoms with Gasteiger partial charge in [0, 0.05) is 0 Å². The van der Waals surface area contributed by atoms with Crippen LogP contribution in [0.5, 0.6) is 0 Å². The maximum atomic E-state index is 13.8. The van der Waals surface area contributed by atoms with Crippen molar-refractivity contribution >= 4 is 19.7 Å². The first kappa shape index (κ1) is 26.8. The fraction of sp³-hybridized carbons (Fsp3) is 1.00. The summed E-state index contributed by atoms with van der Waals surface area (Å²) < 4.78 is 62.5. The van der Waals surface area contributed by atoms with Crippen molar-refractivity contribution in [3.05, 3.63) is 0 Å². The molecule has 0 aromatic heterocycles. The van der Waals surface area contributed by atoms with E-state index >= 15 is 0 Å². The standard InChI is InChI=1S/C19H39FO5S2/c1-4-6-8-9-10-11-13-26(22,23)15-19(21)16-27(24,25)17(3)14-18(20)12-7-5-2/h17-19,21H,4-16H2,1-3H3. The van der Waals surface area contributed by atoms with Crippen LogP contribution in [0.15, 0.2) is 0 Å². The van der Waals surface area contributed by atoms with E-state index in [0.717, 1.165) is 38.5 Å². The largest absolute Gasteiger partial charge is 0.391 e. The average molecular weight is 431 g/mol. The first-order valence-corrected chi connectivity index (χ1v) is 13.8. The number of rotatable bonds is 17. The van der Waals surface area contributed by atoms with Crippen LogP contribution in [0.1, 0.15) is 85.0 Å². The molecule has 0 radical (unpaired) electrons. The molecule has 0 saturated carbocycles. The first-order chi connectivity index (χ1) is 12.5. The van der Waals surface area contributed by atoms with Gasteiger partial charge in [0.05, 0.1) is 28.6 Å². The van der Waals surface area contributed by atoms with Gasteiger partial charge in [-0.2, -0.15) is 0 Å². The van der Waals surface area contributed by atoms with Crippen LogP contribution in [-0.4, -0.2) is 56.7 Å². The van der Waals surface area contributed by atoms with Crippen LogP contribution < -0.4 is 0 Å². The second kappa shape index (κ2) is 13.9. The number of hydrogen-bond acceptors (Lipinski definition) is 5. The zero-order valence-electron chi connectivity index (χ0n) is 17.2. The van der Waals surface area contributed by atoms with E-state index in [2.05, 4.69) is 6.92 Å². The lowest BCUT2D eigenvalue weighted by atomic mass is 10.1. The predicted molar refractivity (Wildman–Crippen MR) is 110 cm³/mol. The van der Waals surface area contributed by atoms with Gasteiger partial charge in [-0.25, -0.2) is 21.2 Å². The van der Waals surface area contributed by atoms with Crippen LogP contribution in [0.4, 0.5) is 4.39 Å². The zero-order valence-corrected chi connectivity index (χ0v) is 18.8. The molecule has 0 spiro atoms. The van der Waals surface area contributed by atoms with Crippen molar-refractivity contribution in [2.75, 3.05) is 17.3 Å². The second-order valence-corrected chi connectivity index (χ2v) is 12.3. The molecule has 3 unspecified atom stereocenters. The van der Waals surface area contributed by atoms with E-state index in [-0.39, 0.29) is 12.2 Å². The number of halogens is 1. The number of alkyl halides is 1. The highest BCUT2D eigenvalue weighted by atomic mass is 32.2. The minimum atomic E-state index is -3.74. The fourth-order valence-corrected chi connectivity index (χ4v) is 6.16. The van der Waals surface area contributed by atoms with Crippen molar-refractivity contribution in [3.8, 4) is 0 Å². The number of aliphatic hydroxyl groups excluding tert-OH is 1. The summed E-state index contributed by atoms with van der Waals surface area (Å²) in [5, 5.41) is 9.04. The maximum absolute atomic E-state index is 13.8. The van der Waals surface area contributed by atoms with Gasteiger partial charge < -0.3 is 5.11 Å². The number of aliphatic hydroxyl groups is 1. The van der Waals surface area contributed by atoms with E-state index in [1.54, 1.807) is 0 Å². The molecule has 0 bridgehead atoms. The van der Waals surface area contributed by atoms with Gasteiger partial charge in [-0.1, -0.05) is 58.8 Å². The first-order valence-electron chi connectivity index (χ1n) is 10.3. The summed E-state index contributed by atoms with van der Waals surface area (Å²) in [7, 11) is -7.24. The summed E-state index contributed by atoms with van der Waals surface area (Å²) in [5.74, 6) is -1.22. The lowest BCUT2D eigenvalue weighted by Crippen LogP contribution is -2.34. The molecule has 8 heteroatoms. The fourth-order valence-electron chi connectivity index (χ4n) is 3.01. The summed E-state index contributed by atoms with van der Waals surface area (Å²) in [6.07, 6.45) is 4.79. The van der Waals surface area contributed by atoms with Crippen molar-refractivity contribution in [1.29, 1.82) is 0 Å². The van der Waals surface area contributed by atoms with E-state index < -0.39 is 48.7 Å². The van der Waals surface area contributed by atoms with Gasteiger partial charge in [0.25, 0.3) is 0 Å². The third-order valence-electron chi connectivity index (χ3n) is 4.75. The molecule has 0 aliphatic heterocycles. The molecule has 0 heterocycles. The topological polar surface area (TPSA) is 88.5 Å². The Kier molecular flexibility index (Phi) is 13.8. The van der Waals surface area contributed by atoms with Gasteiger partial charge in [0.2, 0.25) is 0 Å². The molecule has 0 saturated heterocycles. The maximum Gasteiger partial charge on any atom is 0.155 e. The highest BCUT2D eigenvalue weighted by Crippen LogP contribution is 2.17. The van der Waals surface area contributed by atoms with Crippen LogP contribution >= 0.6 is 0 Å². The van der Waals surface area contributed by atoms with Gasteiger partial charge in [0.1, 0.15) is 6.17 Å². The molecule has 0 aliphatic carbocycles. The Balaban J connectivity index is 4.37. The summed E-state index contributed by atoms with van der Waals surface area (Å²) in [6, 6.07) is 0. The minimum absolute atomic E-state index is 0.0324. The molecule has 5 nitrogen and oxygen atoms in total. The summed E-state index contributed by atoms with van der Waals surface area (Å²) in [4.78, 5) is 0. The van der Waals surface area contributed by atoms with Crippen LogP contribution in [-0.2, 0) is 19.7 Å². The van der Waals surface area contributed by atoms with Gasteiger partial charge in [-0.3, -0.25) is 0 Å². The van der Waals surface area contributed by atoms with Gasteiger partial charge >= 0.3 is 0 Å². The molecule has 0 fully saturated rings. The van der Waals surface area contributed by atoms with Crippen LogP contribution in [0.2, 0.25) is 0 Å². The van der Waals surface area contributed by atoms with Gasteiger partial charge in [-0.05, 0) is 26.2 Å². The van der Waals surface area contributed by atoms with Crippen molar-refractivity contribution in [2.45, 2.75) is 103 Å². The third-order valence-corrected chi connectivity index (χ3v) is 8.82. The highest BCUT2D eigenvalue weighted by Gasteiger charge is 2.29. The monoisotopic (exact) mass is 430 g/mol. The van der Waals surface area contributed by atoms with Crippen LogP contribution in [0, 0.1) is 0 Å². The predicted octanol–water partition coefficient (Wildman–Crippen LogP) is 3.84. The van der Waals surface area contributed by atoms with Crippen molar-refractivity contribution < 1.29 is 26.3 Å².